The summed E-state index contributed by atoms with van der Waals surface area (Å²) in [5.41, 5.74) is 2.59. The van der Waals surface area contributed by atoms with Crippen LogP contribution in [0.25, 0.3) is 10.8 Å². The second kappa shape index (κ2) is 9.03. The SMILES string of the molecule is O=C(CCc1ccccc1)N1CCCN(Cc2ccc3ccccc3c2)CC1. The van der Waals surface area contributed by atoms with Crippen molar-refractivity contribution in [2.75, 3.05) is 26.2 Å². The molecular formula is C25H28N2O. The average Bonchev–Trinajstić information content (AvgIpc) is 2.98. The maximum absolute atomic E-state index is 12.6. The van der Waals surface area contributed by atoms with E-state index in [9.17, 15) is 4.79 Å². The second-order valence-corrected chi connectivity index (χ2v) is 7.68. The minimum absolute atomic E-state index is 0.288. The molecule has 1 fully saturated rings. The molecule has 28 heavy (non-hydrogen) atoms. The summed E-state index contributed by atoms with van der Waals surface area (Å²) in [6.45, 7) is 4.67. The summed E-state index contributed by atoms with van der Waals surface area (Å²) in [5.74, 6) is 0.288. The number of nitrogens with zero attached hydrogens (tertiary/aromatic N) is 2. The van der Waals surface area contributed by atoms with E-state index in [1.165, 1.54) is 21.9 Å². The van der Waals surface area contributed by atoms with Gasteiger partial charge < -0.3 is 4.90 Å². The molecule has 0 unspecified atom stereocenters. The lowest BCUT2D eigenvalue weighted by Crippen LogP contribution is -2.35. The molecule has 3 aromatic rings. The third kappa shape index (κ3) is 4.79. The Labute approximate surface area is 167 Å². The summed E-state index contributed by atoms with van der Waals surface area (Å²) in [7, 11) is 0. The Hall–Kier alpha value is -2.65. The molecule has 1 aliphatic heterocycles. The van der Waals surface area contributed by atoms with E-state index < -0.39 is 0 Å². The van der Waals surface area contributed by atoms with Crippen molar-refractivity contribution >= 4 is 16.7 Å². The molecule has 0 aromatic heterocycles. The highest BCUT2D eigenvalue weighted by molar-refractivity contribution is 5.83. The van der Waals surface area contributed by atoms with Gasteiger partial charge in [-0.25, -0.2) is 0 Å². The van der Waals surface area contributed by atoms with Crippen LogP contribution in [0.2, 0.25) is 0 Å². The van der Waals surface area contributed by atoms with E-state index in [0.717, 1.165) is 45.6 Å². The van der Waals surface area contributed by atoms with Crippen LogP contribution in [0.3, 0.4) is 0 Å². The first-order chi connectivity index (χ1) is 13.8. The Morgan fingerprint density at radius 3 is 2.39 bits per heavy atom. The number of carbonyl (C=O) groups excluding carboxylic acids is 1. The van der Waals surface area contributed by atoms with Gasteiger partial charge in [0.2, 0.25) is 5.91 Å². The van der Waals surface area contributed by atoms with E-state index in [1.54, 1.807) is 0 Å². The predicted molar refractivity (Wildman–Crippen MR) is 115 cm³/mol. The summed E-state index contributed by atoms with van der Waals surface area (Å²) in [4.78, 5) is 17.2. The third-order valence-electron chi connectivity index (χ3n) is 5.63. The lowest BCUT2D eigenvalue weighted by molar-refractivity contribution is -0.131. The van der Waals surface area contributed by atoms with Crippen LogP contribution in [-0.4, -0.2) is 41.9 Å². The van der Waals surface area contributed by atoms with E-state index in [4.69, 9.17) is 0 Å². The fourth-order valence-corrected chi connectivity index (χ4v) is 4.03. The van der Waals surface area contributed by atoms with Gasteiger partial charge in [0.25, 0.3) is 0 Å². The highest BCUT2D eigenvalue weighted by Crippen LogP contribution is 2.18. The van der Waals surface area contributed by atoms with E-state index in [1.807, 2.05) is 18.2 Å². The molecule has 1 amide bonds. The predicted octanol–water partition coefficient (Wildman–Crippen LogP) is 4.51. The van der Waals surface area contributed by atoms with Crippen molar-refractivity contribution in [3.05, 3.63) is 83.9 Å². The van der Waals surface area contributed by atoms with Gasteiger partial charge in [0.05, 0.1) is 0 Å². The molecule has 0 radical (unpaired) electrons. The molecule has 1 aliphatic rings. The van der Waals surface area contributed by atoms with E-state index >= 15 is 0 Å². The maximum atomic E-state index is 12.6. The van der Waals surface area contributed by atoms with Crippen molar-refractivity contribution in [3.8, 4) is 0 Å². The number of rotatable bonds is 5. The summed E-state index contributed by atoms with van der Waals surface area (Å²) in [6.07, 6.45) is 2.48. The van der Waals surface area contributed by atoms with E-state index in [0.29, 0.717) is 6.42 Å². The highest BCUT2D eigenvalue weighted by Gasteiger charge is 2.19. The van der Waals surface area contributed by atoms with Crippen molar-refractivity contribution in [3.63, 3.8) is 0 Å². The van der Waals surface area contributed by atoms with Gasteiger partial charge in [-0.2, -0.15) is 0 Å². The quantitative estimate of drug-likeness (QED) is 0.658. The van der Waals surface area contributed by atoms with Crippen LogP contribution in [0.5, 0.6) is 0 Å². The van der Waals surface area contributed by atoms with Crippen molar-refractivity contribution in [1.29, 1.82) is 0 Å². The number of amides is 1. The zero-order valence-corrected chi connectivity index (χ0v) is 16.4. The van der Waals surface area contributed by atoms with Crippen LogP contribution in [-0.2, 0) is 17.8 Å². The topological polar surface area (TPSA) is 23.6 Å². The minimum Gasteiger partial charge on any atom is -0.341 e. The monoisotopic (exact) mass is 372 g/mol. The molecular weight excluding hydrogens is 344 g/mol. The number of fused-ring (bicyclic) bond motifs is 1. The van der Waals surface area contributed by atoms with Crippen LogP contribution in [0.15, 0.2) is 72.8 Å². The third-order valence-corrected chi connectivity index (χ3v) is 5.63. The van der Waals surface area contributed by atoms with Gasteiger partial charge in [-0.05, 0) is 40.8 Å². The molecule has 3 aromatic carbocycles. The number of hydrogen-bond donors (Lipinski definition) is 0. The number of benzene rings is 3. The van der Waals surface area contributed by atoms with Crippen LogP contribution >= 0.6 is 0 Å². The van der Waals surface area contributed by atoms with Gasteiger partial charge >= 0.3 is 0 Å². The fraction of sp³-hybridized carbons (Fsp3) is 0.320. The summed E-state index contributed by atoms with van der Waals surface area (Å²) >= 11 is 0. The smallest absolute Gasteiger partial charge is 0.222 e. The number of aryl methyl sites for hydroxylation is 1. The van der Waals surface area contributed by atoms with E-state index in [-0.39, 0.29) is 5.91 Å². The standard InChI is InChI=1S/C25H28N2O/c28-25(14-12-21-7-2-1-3-8-21)27-16-6-15-26(17-18-27)20-22-11-13-23-9-4-5-10-24(23)19-22/h1-5,7-11,13,19H,6,12,14-18,20H2. The molecule has 0 spiro atoms. The Morgan fingerprint density at radius 1 is 0.750 bits per heavy atom. The van der Waals surface area contributed by atoms with Crippen LogP contribution < -0.4 is 0 Å². The van der Waals surface area contributed by atoms with Gasteiger partial charge in [0, 0.05) is 39.1 Å². The van der Waals surface area contributed by atoms with Gasteiger partial charge in [-0.3, -0.25) is 9.69 Å². The van der Waals surface area contributed by atoms with Crippen molar-refractivity contribution < 1.29 is 4.79 Å². The zero-order valence-electron chi connectivity index (χ0n) is 16.4. The zero-order chi connectivity index (χ0) is 19.2. The Bertz CT molecular complexity index is 922. The molecule has 3 heteroatoms. The normalized spacial score (nSPS) is 15.5. The maximum Gasteiger partial charge on any atom is 0.222 e. The molecule has 0 aliphatic carbocycles. The van der Waals surface area contributed by atoms with E-state index in [2.05, 4.69) is 64.4 Å². The van der Waals surface area contributed by atoms with Crippen LogP contribution in [0.1, 0.15) is 24.0 Å². The summed E-state index contributed by atoms with van der Waals surface area (Å²) in [6, 6.07) is 25.5. The van der Waals surface area contributed by atoms with Gasteiger partial charge in [0.1, 0.15) is 0 Å². The van der Waals surface area contributed by atoms with Crippen LogP contribution in [0.4, 0.5) is 0 Å². The first kappa shape index (κ1) is 18.7. The molecule has 0 atom stereocenters. The summed E-state index contributed by atoms with van der Waals surface area (Å²) in [5, 5.41) is 2.59. The largest absolute Gasteiger partial charge is 0.341 e. The number of carbonyl (C=O) groups is 1. The molecule has 0 bridgehead atoms. The lowest BCUT2D eigenvalue weighted by Gasteiger charge is -2.22. The molecule has 0 saturated carbocycles. The van der Waals surface area contributed by atoms with Crippen LogP contribution in [0, 0.1) is 0 Å². The van der Waals surface area contributed by atoms with Gasteiger partial charge in [0.15, 0.2) is 0 Å². The van der Waals surface area contributed by atoms with Crippen molar-refractivity contribution in [1.82, 2.24) is 9.80 Å². The first-order valence-electron chi connectivity index (χ1n) is 10.3. The second-order valence-electron chi connectivity index (χ2n) is 7.68. The molecule has 1 saturated heterocycles. The molecule has 0 N–H and O–H groups in total. The van der Waals surface area contributed by atoms with Gasteiger partial charge in [-0.15, -0.1) is 0 Å². The van der Waals surface area contributed by atoms with Crippen molar-refractivity contribution in [2.45, 2.75) is 25.8 Å². The van der Waals surface area contributed by atoms with Crippen molar-refractivity contribution in [2.24, 2.45) is 0 Å². The Morgan fingerprint density at radius 2 is 1.54 bits per heavy atom. The fourth-order valence-electron chi connectivity index (χ4n) is 4.03. The lowest BCUT2D eigenvalue weighted by atomic mass is 10.1. The Kier molecular flexibility index (Phi) is 6.03. The first-order valence-corrected chi connectivity index (χ1v) is 10.3. The van der Waals surface area contributed by atoms with Gasteiger partial charge in [-0.1, -0.05) is 66.7 Å². The molecule has 144 valence electrons. The summed E-state index contributed by atoms with van der Waals surface area (Å²) < 4.78 is 0. The Balaban J connectivity index is 1.30. The highest BCUT2D eigenvalue weighted by atomic mass is 16.2. The molecule has 4 rings (SSSR count). The minimum atomic E-state index is 0.288. The molecule has 3 nitrogen and oxygen atoms in total. The number of hydrogen-bond acceptors (Lipinski definition) is 2. The molecule has 1 heterocycles. The average molecular weight is 373 g/mol.